The first kappa shape index (κ1) is 85.7. The number of carbonyl (C=O) groups excluding carboxylic acids is 3. The third-order valence-electron chi connectivity index (χ3n) is 16.9. The summed E-state index contributed by atoms with van der Waals surface area (Å²) in [7, 11) is 5.94. The van der Waals surface area contributed by atoms with E-state index in [1.165, 1.54) is 263 Å². The fourth-order valence-electron chi connectivity index (χ4n) is 11.2. The number of carbonyl (C=O) groups is 3. The van der Waals surface area contributed by atoms with Gasteiger partial charge in [0.25, 0.3) is 0 Å². The van der Waals surface area contributed by atoms with Crippen LogP contribution in [0.2, 0.25) is 0 Å². The summed E-state index contributed by atoms with van der Waals surface area (Å²) in [5, 5.41) is 11.8. The molecule has 0 aromatic rings. The molecule has 0 saturated heterocycles. The molecule has 9 nitrogen and oxygen atoms in total. The van der Waals surface area contributed by atoms with Crippen molar-refractivity contribution in [2.75, 3.05) is 47.5 Å². The topological polar surface area (TPSA) is 111 Å². The molecule has 0 amide bonds. The molecule has 0 fully saturated rings. The molecule has 0 radical (unpaired) electrons. The fraction of sp³-hybridized carbons (Fsp3) is 0.812. The number of quaternary nitrogens is 1. The first-order valence-corrected chi connectivity index (χ1v) is 38.1. The van der Waals surface area contributed by atoms with E-state index in [0.717, 1.165) is 64.2 Å². The highest BCUT2D eigenvalue weighted by atomic mass is 16.7. The standard InChI is InChI=1S/C80H145NO8/c1-6-8-10-12-14-16-18-20-22-24-26-28-30-32-34-35-36-37-38-39-40-41-42-43-45-47-49-51-53-55-57-59-61-63-65-67-69-71-78(83)89-76(75-88-80(79(84)85)86-73-72-81(3,4)5)74-87-77(82)70-68-66-64-62-60-58-56-54-52-50-48-46-44-33-31-29-27-25-23-21-19-17-15-13-11-9-7-2/h8,10,14,16,19-22,25-28,76,80H,6-7,9,11-13,15,17-18,23-24,29-75H2,1-5H3/b10-8-,16-14-,21-19-,22-20-,27-25-,28-26-. The van der Waals surface area contributed by atoms with Crippen molar-refractivity contribution in [1.29, 1.82) is 0 Å². The maximum absolute atomic E-state index is 13.0. The lowest BCUT2D eigenvalue weighted by Crippen LogP contribution is -2.44. The van der Waals surface area contributed by atoms with Crippen LogP contribution in [0.1, 0.15) is 361 Å². The molecule has 518 valence electrons. The van der Waals surface area contributed by atoms with E-state index in [4.69, 9.17) is 18.9 Å². The lowest BCUT2D eigenvalue weighted by atomic mass is 10.0. The quantitative estimate of drug-likeness (QED) is 0.0195. The number of likely N-dealkylation sites (N-methyl/N-ethyl adjacent to an activating group) is 1. The molecule has 0 bridgehead atoms. The van der Waals surface area contributed by atoms with Crippen molar-refractivity contribution < 1.29 is 42.9 Å². The van der Waals surface area contributed by atoms with Gasteiger partial charge in [-0.15, -0.1) is 0 Å². The summed E-state index contributed by atoms with van der Waals surface area (Å²) in [6, 6.07) is 0. The molecule has 89 heavy (non-hydrogen) atoms. The highest BCUT2D eigenvalue weighted by Gasteiger charge is 2.22. The van der Waals surface area contributed by atoms with Gasteiger partial charge in [0, 0.05) is 12.8 Å². The number of ether oxygens (including phenoxy) is 4. The summed E-state index contributed by atoms with van der Waals surface area (Å²) in [5.41, 5.74) is 0. The van der Waals surface area contributed by atoms with Crippen LogP contribution >= 0.6 is 0 Å². The van der Waals surface area contributed by atoms with Gasteiger partial charge in [-0.05, 0) is 83.5 Å². The molecule has 0 aliphatic carbocycles. The van der Waals surface area contributed by atoms with Gasteiger partial charge in [0.15, 0.2) is 12.4 Å². The minimum atomic E-state index is -1.62. The van der Waals surface area contributed by atoms with Crippen molar-refractivity contribution >= 4 is 17.9 Å². The number of carboxylic acid groups (broad SMARTS) is 1. The van der Waals surface area contributed by atoms with E-state index in [1.807, 2.05) is 21.1 Å². The number of nitrogens with zero attached hydrogens (tertiary/aromatic N) is 1. The molecule has 0 aliphatic rings. The van der Waals surface area contributed by atoms with Gasteiger partial charge < -0.3 is 33.3 Å². The monoisotopic (exact) mass is 1250 g/mol. The van der Waals surface area contributed by atoms with Crippen molar-refractivity contribution in [2.24, 2.45) is 0 Å². The highest BCUT2D eigenvalue weighted by molar-refractivity contribution is 5.70. The lowest BCUT2D eigenvalue weighted by molar-refractivity contribution is -0.870. The summed E-state index contributed by atoms with van der Waals surface area (Å²) >= 11 is 0. The zero-order valence-electron chi connectivity index (χ0n) is 59.3. The van der Waals surface area contributed by atoms with Crippen LogP contribution in [-0.4, -0.2) is 82.3 Å². The van der Waals surface area contributed by atoms with Crippen LogP contribution in [0.25, 0.3) is 0 Å². The molecule has 0 N–H and O–H groups in total. The number of carboxylic acids is 1. The Kier molecular flexibility index (Phi) is 68.0. The van der Waals surface area contributed by atoms with Gasteiger partial charge in [0.05, 0.1) is 40.3 Å². The van der Waals surface area contributed by atoms with Gasteiger partial charge in [-0.25, -0.2) is 0 Å². The van der Waals surface area contributed by atoms with E-state index in [-0.39, 0.29) is 32.2 Å². The number of rotatable bonds is 71. The average molecular weight is 1250 g/mol. The number of allylic oxidation sites excluding steroid dienone is 12. The third kappa shape index (κ3) is 72.0. The number of unbranched alkanes of at least 4 members (excludes halogenated alkanes) is 44. The van der Waals surface area contributed by atoms with Crippen molar-refractivity contribution in [3.05, 3.63) is 72.9 Å². The molecule has 2 atom stereocenters. The van der Waals surface area contributed by atoms with Gasteiger partial charge in [-0.3, -0.25) is 9.59 Å². The second-order valence-corrected chi connectivity index (χ2v) is 26.9. The third-order valence-corrected chi connectivity index (χ3v) is 16.9. The predicted molar refractivity (Wildman–Crippen MR) is 380 cm³/mol. The Balaban J connectivity index is 4.00. The molecule has 0 aromatic heterocycles. The van der Waals surface area contributed by atoms with Gasteiger partial charge in [-0.2, -0.15) is 0 Å². The lowest BCUT2D eigenvalue weighted by Gasteiger charge is -2.26. The van der Waals surface area contributed by atoms with Gasteiger partial charge in [-0.1, -0.05) is 337 Å². The number of hydrogen-bond donors (Lipinski definition) is 0. The van der Waals surface area contributed by atoms with E-state index in [0.29, 0.717) is 23.9 Å². The van der Waals surface area contributed by atoms with Crippen LogP contribution in [0.4, 0.5) is 0 Å². The van der Waals surface area contributed by atoms with Crippen LogP contribution in [-0.2, 0) is 33.3 Å². The van der Waals surface area contributed by atoms with Crippen LogP contribution < -0.4 is 5.11 Å². The van der Waals surface area contributed by atoms with Crippen molar-refractivity contribution in [2.45, 2.75) is 373 Å². The van der Waals surface area contributed by atoms with Gasteiger partial charge >= 0.3 is 11.9 Å². The Morgan fingerprint density at radius 2 is 0.640 bits per heavy atom. The first-order valence-electron chi connectivity index (χ1n) is 38.1. The van der Waals surface area contributed by atoms with Gasteiger partial charge in [0.1, 0.15) is 13.2 Å². The molecular weight excluding hydrogens is 1100 g/mol. The van der Waals surface area contributed by atoms with E-state index < -0.39 is 24.3 Å². The second-order valence-electron chi connectivity index (χ2n) is 26.9. The van der Waals surface area contributed by atoms with Crippen molar-refractivity contribution in [1.82, 2.24) is 0 Å². The maximum atomic E-state index is 13.0. The normalized spacial score (nSPS) is 13.0. The Labute approximate surface area is 551 Å². The van der Waals surface area contributed by atoms with Crippen LogP contribution in [0.3, 0.4) is 0 Å². The van der Waals surface area contributed by atoms with Crippen LogP contribution in [0, 0.1) is 0 Å². The van der Waals surface area contributed by atoms with Crippen molar-refractivity contribution in [3.8, 4) is 0 Å². The summed E-state index contributed by atoms with van der Waals surface area (Å²) in [5.74, 6) is -2.26. The summed E-state index contributed by atoms with van der Waals surface area (Å²) in [6.45, 7) is 4.68. The van der Waals surface area contributed by atoms with E-state index in [9.17, 15) is 19.5 Å². The van der Waals surface area contributed by atoms with E-state index >= 15 is 0 Å². The summed E-state index contributed by atoms with van der Waals surface area (Å²) < 4.78 is 22.9. The zero-order valence-corrected chi connectivity index (χ0v) is 59.3. The predicted octanol–water partition coefficient (Wildman–Crippen LogP) is 22.7. The summed E-state index contributed by atoms with van der Waals surface area (Å²) in [6.07, 6.45) is 91.5. The Morgan fingerprint density at radius 3 is 0.955 bits per heavy atom. The molecule has 0 saturated carbocycles. The van der Waals surface area contributed by atoms with E-state index in [1.54, 1.807) is 0 Å². The number of esters is 2. The van der Waals surface area contributed by atoms with Crippen LogP contribution in [0.5, 0.6) is 0 Å². The highest BCUT2D eigenvalue weighted by Crippen LogP contribution is 2.19. The largest absolute Gasteiger partial charge is 0.545 e. The molecular formula is C80H145NO8. The number of hydrogen-bond acceptors (Lipinski definition) is 8. The molecule has 0 spiro atoms. The SMILES string of the molecule is CC/C=C\C/C=C\C/C=C\C/C=C\CCCCCCCCCCCCCCCCCCCCCCCCCCC(=O)OC(COC(=O)CCCCCCCCCCCCCCCCC/C=C\C/C=C\CCCCCCC)COC(OCC[N+](C)(C)C)C(=O)[O-]. The molecule has 0 aromatic carbocycles. The Hall–Kier alpha value is -3.27. The van der Waals surface area contributed by atoms with Gasteiger partial charge in [0.2, 0.25) is 0 Å². The van der Waals surface area contributed by atoms with Crippen LogP contribution in [0.15, 0.2) is 72.9 Å². The molecule has 0 rings (SSSR count). The Bertz CT molecular complexity index is 1690. The summed E-state index contributed by atoms with van der Waals surface area (Å²) in [4.78, 5) is 37.6. The zero-order chi connectivity index (χ0) is 64.7. The van der Waals surface area contributed by atoms with E-state index in [2.05, 4.69) is 86.8 Å². The average Bonchev–Trinajstić information content (AvgIpc) is 3.70. The minimum Gasteiger partial charge on any atom is -0.545 e. The Morgan fingerprint density at radius 1 is 0.348 bits per heavy atom. The second kappa shape index (κ2) is 70.6. The molecule has 2 unspecified atom stereocenters. The number of aliphatic carboxylic acids is 1. The molecule has 9 heteroatoms. The molecule has 0 aliphatic heterocycles. The van der Waals surface area contributed by atoms with Crippen molar-refractivity contribution in [3.63, 3.8) is 0 Å². The first-order chi connectivity index (χ1) is 43.6. The minimum absolute atomic E-state index is 0.149. The maximum Gasteiger partial charge on any atom is 0.306 e. The fourth-order valence-corrected chi connectivity index (χ4v) is 11.2. The smallest absolute Gasteiger partial charge is 0.306 e. The molecule has 0 heterocycles.